The van der Waals surface area contributed by atoms with E-state index in [9.17, 15) is 14.3 Å². The maximum absolute atomic E-state index is 13.3. The van der Waals surface area contributed by atoms with Crippen LogP contribution in [0, 0.1) is 5.82 Å². The number of anilines is 1. The predicted molar refractivity (Wildman–Crippen MR) is 81.8 cm³/mol. The fourth-order valence-electron chi connectivity index (χ4n) is 2.86. The summed E-state index contributed by atoms with van der Waals surface area (Å²) in [6, 6.07) is 11.6. The molecule has 1 aliphatic carbocycles. The Morgan fingerprint density at radius 1 is 1.29 bits per heavy atom. The predicted octanol–water partition coefficient (Wildman–Crippen LogP) is 3.93. The number of aryl methyl sites for hydroxylation is 1. The van der Waals surface area contributed by atoms with Gasteiger partial charge in [-0.1, -0.05) is 28.1 Å². The van der Waals surface area contributed by atoms with Crippen LogP contribution < -0.4 is 5.32 Å². The normalized spacial score (nSPS) is 20.1. The molecule has 0 spiro atoms. The van der Waals surface area contributed by atoms with E-state index in [1.807, 2.05) is 24.3 Å². The largest absolute Gasteiger partial charge is 0.479 e. The van der Waals surface area contributed by atoms with E-state index in [-0.39, 0.29) is 5.82 Å². The van der Waals surface area contributed by atoms with Gasteiger partial charge in [-0.15, -0.1) is 0 Å². The summed E-state index contributed by atoms with van der Waals surface area (Å²) in [5.74, 6) is -1.29. The summed E-state index contributed by atoms with van der Waals surface area (Å²) in [5.41, 5.74) is 0.893. The highest BCUT2D eigenvalue weighted by molar-refractivity contribution is 9.10. The summed E-state index contributed by atoms with van der Waals surface area (Å²) in [6.07, 6.45) is 0.939. The van der Waals surface area contributed by atoms with E-state index < -0.39 is 11.5 Å². The molecule has 2 aromatic carbocycles. The summed E-state index contributed by atoms with van der Waals surface area (Å²) < 4.78 is 14.2. The molecule has 0 bridgehead atoms. The molecule has 0 amide bonds. The molecular weight excluding hydrogens is 337 g/mol. The SMILES string of the molecule is O=C(O)C1(Nc2cccc(Br)c2)CCc2cc(F)ccc21. The molecule has 0 saturated heterocycles. The number of rotatable bonds is 3. The minimum absolute atomic E-state index is 0.336. The Kier molecular flexibility index (Phi) is 3.45. The highest BCUT2D eigenvalue weighted by Gasteiger charge is 2.45. The van der Waals surface area contributed by atoms with Crippen LogP contribution in [0.1, 0.15) is 17.5 Å². The molecule has 1 aliphatic rings. The monoisotopic (exact) mass is 349 g/mol. The number of hydrogen-bond acceptors (Lipinski definition) is 2. The molecule has 2 N–H and O–H groups in total. The molecule has 108 valence electrons. The molecule has 1 unspecified atom stereocenters. The second-order valence-corrected chi connectivity index (χ2v) is 6.06. The van der Waals surface area contributed by atoms with Crippen LogP contribution in [-0.2, 0) is 16.8 Å². The Balaban J connectivity index is 2.06. The minimum Gasteiger partial charge on any atom is -0.479 e. The minimum atomic E-state index is -1.20. The zero-order chi connectivity index (χ0) is 15.0. The number of halogens is 2. The van der Waals surface area contributed by atoms with Crippen LogP contribution in [-0.4, -0.2) is 11.1 Å². The van der Waals surface area contributed by atoms with Gasteiger partial charge in [-0.3, -0.25) is 0 Å². The van der Waals surface area contributed by atoms with Crippen molar-refractivity contribution in [3.63, 3.8) is 0 Å². The first-order valence-corrected chi connectivity index (χ1v) is 7.37. The van der Waals surface area contributed by atoms with Crippen LogP contribution in [0.3, 0.4) is 0 Å². The number of benzene rings is 2. The molecule has 0 aromatic heterocycles. The standard InChI is InChI=1S/C16H13BrFNO2/c17-11-2-1-3-13(9-11)19-16(15(20)21)7-6-10-8-12(18)4-5-14(10)16/h1-5,8-9,19H,6-7H2,(H,20,21). The van der Waals surface area contributed by atoms with Gasteiger partial charge in [0, 0.05) is 10.2 Å². The second kappa shape index (κ2) is 5.15. The second-order valence-electron chi connectivity index (χ2n) is 5.15. The molecule has 0 aliphatic heterocycles. The topological polar surface area (TPSA) is 49.3 Å². The first-order valence-electron chi connectivity index (χ1n) is 6.57. The van der Waals surface area contributed by atoms with E-state index in [0.717, 1.165) is 10.0 Å². The fourth-order valence-corrected chi connectivity index (χ4v) is 3.26. The average Bonchev–Trinajstić information content (AvgIpc) is 2.78. The molecule has 0 fully saturated rings. The van der Waals surface area contributed by atoms with E-state index >= 15 is 0 Å². The number of carboxylic acids is 1. The number of hydrogen-bond donors (Lipinski definition) is 2. The van der Waals surface area contributed by atoms with Crippen molar-refractivity contribution in [3.8, 4) is 0 Å². The first kappa shape index (κ1) is 14.1. The molecule has 2 aromatic rings. The summed E-state index contributed by atoms with van der Waals surface area (Å²) in [6.45, 7) is 0. The highest BCUT2D eigenvalue weighted by Crippen LogP contribution is 2.40. The van der Waals surface area contributed by atoms with Crippen molar-refractivity contribution in [3.05, 3.63) is 63.9 Å². The van der Waals surface area contributed by atoms with Gasteiger partial charge in [0.2, 0.25) is 0 Å². The highest BCUT2D eigenvalue weighted by atomic mass is 79.9. The van der Waals surface area contributed by atoms with Gasteiger partial charge in [0.05, 0.1) is 0 Å². The van der Waals surface area contributed by atoms with Crippen LogP contribution in [0.5, 0.6) is 0 Å². The van der Waals surface area contributed by atoms with Gasteiger partial charge in [-0.25, -0.2) is 9.18 Å². The van der Waals surface area contributed by atoms with Crippen molar-refractivity contribution in [2.45, 2.75) is 18.4 Å². The van der Waals surface area contributed by atoms with Gasteiger partial charge in [-0.05, 0) is 54.3 Å². The number of aliphatic carboxylic acids is 1. The van der Waals surface area contributed by atoms with E-state index in [1.165, 1.54) is 12.1 Å². The Labute approximate surface area is 129 Å². The molecule has 1 atom stereocenters. The smallest absolute Gasteiger partial charge is 0.334 e. The third-order valence-electron chi connectivity index (χ3n) is 3.84. The number of carbonyl (C=O) groups is 1. The molecule has 3 nitrogen and oxygen atoms in total. The number of carboxylic acid groups (broad SMARTS) is 1. The number of nitrogens with one attached hydrogen (secondary N) is 1. The van der Waals surface area contributed by atoms with Crippen LogP contribution in [0.2, 0.25) is 0 Å². The lowest BCUT2D eigenvalue weighted by Crippen LogP contribution is -2.41. The molecule has 0 saturated carbocycles. The van der Waals surface area contributed by atoms with Gasteiger partial charge < -0.3 is 10.4 Å². The van der Waals surface area contributed by atoms with Crippen LogP contribution >= 0.6 is 15.9 Å². The third kappa shape index (κ3) is 2.42. The maximum Gasteiger partial charge on any atom is 0.334 e. The Morgan fingerprint density at radius 3 is 2.81 bits per heavy atom. The molecule has 0 heterocycles. The van der Waals surface area contributed by atoms with E-state index in [4.69, 9.17) is 0 Å². The van der Waals surface area contributed by atoms with E-state index in [2.05, 4.69) is 21.2 Å². The third-order valence-corrected chi connectivity index (χ3v) is 4.34. The van der Waals surface area contributed by atoms with Crippen molar-refractivity contribution in [2.75, 3.05) is 5.32 Å². The summed E-state index contributed by atoms with van der Waals surface area (Å²) >= 11 is 3.37. The van der Waals surface area contributed by atoms with Crippen molar-refractivity contribution in [1.82, 2.24) is 0 Å². The lowest BCUT2D eigenvalue weighted by molar-refractivity contribution is -0.142. The Morgan fingerprint density at radius 2 is 2.10 bits per heavy atom. The van der Waals surface area contributed by atoms with Crippen LogP contribution in [0.15, 0.2) is 46.9 Å². The van der Waals surface area contributed by atoms with Crippen molar-refractivity contribution < 1.29 is 14.3 Å². The average molecular weight is 350 g/mol. The van der Waals surface area contributed by atoms with Crippen molar-refractivity contribution in [1.29, 1.82) is 0 Å². The zero-order valence-electron chi connectivity index (χ0n) is 11.1. The van der Waals surface area contributed by atoms with E-state index in [0.29, 0.717) is 24.1 Å². The quantitative estimate of drug-likeness (QED) is 0.882. The van der Waals surface area contributed by atoms with Crippen molar-refractivity contribution >= 4 is 27.6 Å². The maximum atomic E-state index is 13.3. The van der Waals surface area contributed by atoms with Crippen molar-refractivity contribution in [2.24, 2.45) is 0 Å². The molecular formula is C16H13BrFNO2. The van der Waals surface area contributed by atoms with E-state index in [1.54, 1.807) is 6.07 Å². The first-order chi connectivity index (χ1) is 10.0. The lowest BCUT2D eigenvalue weighted by atomic mass is 9.91. The molecule has 21 heavy (non-hydrogen) atoms. The summed E-state index contributed by atoms with van der Waals surface area (Å²) in [4.78, 5) is 11.9. The summed E-state index contributed by atoms with van der Waals surface area (Å²) in [7, 11) is 0. The van der Waals surface area contributed by atoms with Gasteiger partial charge in [0.1, 0.15) is 5.82 Å². The Bertz CT molecular complexity index is 719. The molecule has 5 heteroatoms. The van der Waals surface area contributed by atoms with Crippen LogP contribution in [0.25, 0.3) is 0 Å². The van der Waals surface area contributed by atoms with Gasteiger partial charge in [-0.2, -0.15) is 0 Å². The zero-order valence-corrected chi connectivity index (χ0v) is 12.7. The fraction of sp³-hybridized carbons (Fsp3) is 0.188. The molecule has 0 radical (unpaired) electrons. The van der Waals surface area contributed by atoms with Gasteiger partial charge in [0.15, 0.2) is 5.54 Å². The van der Waals surface area contributed by atoms with Crippen LogP contribution in [0.4, 0.5) is 10.1 Å². The van der Waals surface area contributed by atoms with Gasteiger partial charge >= 0.3 is 5.97 Å². The number of fused-ring (bicyclic) bond motifs is 1. The Hall–Kier alpha value is -1.88. The molecule has 3 rings (SSSR count). The van der Waals surface area contributed by atoms with Gasteiger partial charge in [0.25, 0.3) is 0 Å². The lowest BCUT2D eigenvalue weighted by Gasteiger charge is -2.28. The summed E-state index contributed by atoms with van der Waals surface area (Å²) in [5, 5.41) is 12.9.